The Morgan fingerprint density at radius 1 is 1.29 bits per heavy atom. The van der Waals surface area contributed by atoms with Crippen LogP contribution in [-0.4, -0.2) is 45.3 Å². The van der Waals surface area contributed by atoms with Crippen molar-refractivity contribution in [2.24, 2.45) is 0 Å². The number of nitriles is 1. The van der Waals surface area contributed by atoms with E-state index < -0.39 is 0 Å². The third-order valence-corrected chi connectivity index (χ3v) is 7.08. The summed E-state index contributed by atoms with van der Waals surface area (Å²) in [5, 5.41) is 16.8. The van der Waals surface area contributed by atoms with Crippen LogP contribution in [0.4, 0.5) is 10.6 Å². The third-order valence-electron chi connectivity index (χ3n) is 7.08. The molecule has 9 heteroatoms. The van der Waals surface area contributed by atoms with Gasteiger partial charge in [-0.15, -0.1) is 0 Å². The number of aryl methyl sites for hydroxylation is 1. The van der Waals surface area contributed by atoms with Gasteiger partial charge in [0, 0.05) is 49.0 Å². The topological polar surface area (TPSA) is 122 Å². The van der Waals surface area contributed by atoms with Crippen molar-refractivity contribution in [3.05, 3.63) is 59.4 Å². The molecule has 3 N–H and O–H groups in total. The Labute approximate surface area is 204 Å². The van der Waals surface area contributed by atoms with Gasteiger partial charge in [0.05, 0.1) is 17.3 Å². The van der Waals surface area contributed by atoms with Crippen LogP contribution >= 0.6 is 0 Å². The molecule has 9 nitrogen and oxygen atoms in total. The van der Waals surface area contributed by atoms with Crippen molar-refractivity contribution in [1.29, 1.82) is 5.26 Å². The summed E-state index contributed by atoms with van der Waals surface area (Å²) in [4.78, 5) is 18.6. The highest BCUT2D eigenvalue weighted by Crippen LogP contribution is 2.44. The molecule has 0 radical (unpaired) electrons. The zero-order valence-corrected chi connectivity index (χ0v) is 20.0. The van der Waals surface area contributed by atoms with Crippen LogP contribution in [0.5, 0.6) is 5.75 Å². The minimum atomic E-state index is -0.267. The lowest BCUT2D eigenvalue weighted by atomic mass is 9.82. The molecular formula is C26H29N7O2. The van der Waals surface area contributed by atoms with E-state index in [1.165, 1.54) is 5.69 Å². The number of likely N-dealkylation sites (tertiary alicyclic amines) is 1. The molecule has 2 aliphatic heterocycles. The van der Waals surface area contributed by atoms with Gasteiger partial charge in [-0.1, -0.05) is 12.1 Å². The number of ether oxygens (including phenoxy) is 1. The fourth-order valence-electron chi connectivity index (χ4n) is 5.10. The van der Waals surface area contributed by atoms with Gasteiger partial charge >= 0.3 is 6.03 Å². The number of rotatable bonds is 5. The first kappa shape index (κ1) is 22.7. The van der Waals surface area contributed by atoms with Crippen LogP contribution in [-0.2, 0) is 12.0 Å². The van der Waals surface area contributed by atoms with Crippen LogP contribution in [0.2, 0.25) is 0 Å². The molecule has 2 aromatic heterocycles. The number of nitrogens with two attached hydrogens (primary N) is 1. The molecule has 0 saturated carbocycles. The SMILES string of the molecule is CCNC(=O)N1CC[C@@]2(CCn3nc(-c4cnc(N)c(O[C@H](C)c5ccc(C#N)cc5)c4)cc32)C1. The predicted molar refractivity (Wildman–Crippen MR) is 132 cm³/mol. The minimum Gasteiger partial charge on any atom is -0.482 e. The summed E-state index contributed by atoms with van der Waals surface area (Å²) in [5.74, 6) is 0.802. The Bertz CT molecular complexity index is 1290. The Kier molecular flexibility index (Phi) is 5.81. The number of amides is 2. The van der Waals surface area contributed by atoms with Gasteiger partial charge in [0.15, 0.2) is 11.6 Å². The fraction of sp³-hybridized carbons (Fsp3) is 0.385. The molecular weight excluding hydrogens is 442 g/mol. The van der Waals surface area contributed by atoms with E-state index in [0.29, 0.717) is 30.2 Å². The molecule has 2 amide bonds. The van der Waals surface area contributed by atoms with Crippen LogP contribution in [0, 0.1) is 11.3 Å². The lowest BCUT2D eigenvalue weighted by Crippen LogP contribution is -2.40. The maximum atomic E-state index is 12.4. The van der Waals surface area contributed by atoms with Gasteiger partial charge in [-0.3, -0.25) is 4.68 Å². The Morgan fingerprint density at radius 3 is 2.80 bits per heavy atom. The van der Waals surface area contributed by atoms with Crippen LogP contribution in [0.25, 0.3) is 11.3 Å². The van der Waals surface area contributed by atoms with E-state index in [1.54, 1.807) is 18.3 Å². The largest absolute Gasteiger partial charge is 0.482 e. The molecule has 1 aromatic carbocycles. The molecule has 3 aromatic rings. The molecule has 5 rings (SSSR count). The number of carbonyl (C=O) groups excluding carboxylic acids is 1. The van der Waals surface area contributed by atoms with Gasteiger partial charge in [-0.25, -0.2) is 9.78 Å². The standard InChI is InChI=1S/C26H29N7O2/c1-3-29-25(34)32-10-8-26(16-32)9-11-33-23(26)13-21(31-33)20-12-22(24(28)30-15-20)35-17(2)19-6-4-18(14-27)5-7-19/h4-7,12-13,15,17H,3,8-11,16H2,1-2H3,(H2,28,30)(H,29,34)/t17-,26-/m1/s1. The first-order valence-corrected chi connectivity index (χ1v) is 12.0. The number of nitrogens with one attached hydrogen (secondary N) is 1. The molecule has 0 unspecified atom stereocenters. The van der Waals surface area contributed by atoms with Gasteiger partial charge in [0.1, 0.15) is 6.10 Å². The van der Waals surface area contributed by atoms with Gasteiger partial charge < -0.3 is 20.7 Å². The van der Waals surface area contributed by atoms with Crippen LogP contribution in [0.15, 0.2) is 42.6 Å². The van der Waals surface area contributed by atoms with E-state index >= 15 is 0 Å². The number of carbonyl (C=O) groups is 1. The summed E-state index contributed by atoms with van der Waals surface area (Å²) in [6.07, 6.45) is 3.37. The van der Waals surface area contributed by atoms with Gasteiger partial charge in [0.2, 0.25) is 0 Å². The lowest BCUT2D eigenvalue weighted by Gasteiger charge is -2.23. The average molecular weight is 472 g/mol. The predicted octanol–water partition coefficient (Wildman–Crippen LogP) is 3.62. The van der Waals surface area contributed by atoms with Crippen molar-refractivity contribution in [3.63, 3.8) is 0 Å². The smallest absolute Gasteiger partial charge is 0.317 e. The number of hydrogen-bond donors (Lipinski definition) is 2. The molecule has 1 fully saturated rings. The Hall–Kier alpha value is -4.06. The number of anilines is 1. The summed E-state index contributed by atoms with van der Waals surface area (Å²) in [5.41, 5.74) is 10.4. The average Bonchev–Trinajstić information content (AvgIpc) is 3.57. The maximum absolute atomic E-state index is 12.4. The number of urea groups is 1. The molecule has 1 spiro atoms. The second-order valence-corrected chi connectivity index (χ2v) is 9.28. The second kappa shape index (κ2) is 8.95. The van der Waals surface area contributed by atoms with E-state index in [4.69, 9.17) is 20.8 Å². The van der Waals surface area contributed by atoms with E-state index in [1.807, 2.05) is 36.9 Å². The van der Waals surface area contributed by atoms with E-state index in [9.17, 15) is 4.79 Å². The second-order valence-electron chi connectivity index (χ2n) is 9.28. The summed E-state index contributed by atoms with van der Waals surface area (Å²) < 4.78 is 8.21. The lowest BCUT2D eigenvalue weighted by molar-refractivity contribution is 0.206. The highest BCUT2D eigenvalue weighted by atomic mass is 16.5. The monoisotopic (exact) mass is 471 g/mol. The van der Waals surface area contributed by atoms with Crippen molar-refractivity contribution in [2.75, 3.05) is 25.4 Å². The number of benzene rings is 1. The number of pyridine rings is 1. The van der Waals surface area contributed by atoms with Crippen LogP contribution in [0.1, 0.15) is 49.6 Å². The Morgan fingerprint density at radius 2 is 2.06 bits per heavy atom. The van der Waals surface area contributed by atoms with Crippen molar-refractivity contribution >= 4 is 11.8 Å². The van der Waals surface area contributed by atoms with Crippen molar-refractivity contribution in [3.8, 4) is 23.1 Å². The first-order chi connectivity index (χ1) is 16.9. The highest BCUT2D eigenvalue weighted by molar-refractivity contribution is 5.75. The number of nitrogens with zero attached hydrogens (tertiary/aromatic N) is 5. The third kappa shape index (κ3) is 4.16. The maximum Gasteiger partial charge on any atom is 0.317 e. The zero-order chi connectivity index (χ0) is 24.6. The zero-order valence-electron chi connectivity index (χ0n) is 20.0. The Balaban J connectivity index is 1.37. The summed E-state index contributed by atoms with van der Waals surface area (Å²) >= 11 is 0. The van der Waals surface area contributed by atoms with Crippen LogP contribution in [0.3, 0.4) is 0 Å². The highest BCUT2D eigenvalue weighted by Gasteiger charge is 2.46. The molecule has 1 saturated heterocycles. The van der Waals surface area contributed by atoms with Crippen molar-refractivity contribution in [1.82, 2.24) is 25.0 Å². The fourth-order valence-corrected chi connectivity index (χ4v) is 5.10. The molecule has 35 heavy (non-hydrogen) atoms. The first-order valence-electron chi connectivity index (χ1n) is 12.0. The van der Waals surface area contributed by atoms with E-state index in [2.05, 4.69) is 27.1 Å². The molecule has 2 aliphatic rings. The van der Waals surface area contributed by atoms with Gasteiger partial charge in [-0.05, 0) is 56.5 Å². The molecule has 180 valence electrons. The normalized spacial score (nSPS) is 19.4. The minimum absolute atomic E-state index is 0.00322. The summed E-state index contributed by atoms with van der Waals surface area (Å²) in [7, 11) is 0. The van der Waals surface area contributed by atoms with Crippen LogP contribution < -0.4 is 15.8 Å². The van der Waals surface area contributed by atoms with Gasteiger partial charge in [0.25, 0.3) is 0 Å². The van der Waals surface area contributed by atoms with Gasteiger partial charge in [-0.2, -0.15) is 10.4 Å². The molecule has 0 bridgehead atoms. The number of fused-ring (bicyclic) bond motifs is 2. The van der Waals surface area contributed by atoms with Crippen molar-refractivity contribution < 1.29 is 9.53 Å². The quantitative estimate of drug-likeness (QED) is 0.586. The van der Waals surface area contributed by atoms with E-state index in [-0.39, 0.29) is 17.6 Å². The number of aromatic nitrogens is 3. The summed E-state index contributed by atoms with van der Waals surface area (Å²) in [6.45, 7) is 6.79. The van der Waals surface area contributed by atoms with Crippen molar-refractivity contribution in [2.45, 2.75) is 44.8 Å². The van der Waals surface area contributed by atoms with E-state index in [0.717, 1.165) is 42.8 Å². The molecule has 0 aliphatic carbocycles. The molecule has 4 heterocycles. The number of hydrogen-bond acceptors (Lipinski definition) is 6. The number of nitrogen functional groups attached to an aromatic ring is 1. The summed E-state index contributed by atoms with van der Waals surface area (Å²) in [6, 6.07) is 13.4. The molecule has 2 atom stereocenters.